The van der Waals surface area contributed by atoms with Crippen LogP contribution in [0.4, 0.5) is 5.69 Å². The van der Waals surface area contributed by atoms with E-state index >= 15 is 0 Å². The van der Waals surface area contributed by atoms with Crippen LogP contribution in [0.2, 0.25) is 0 Å². The number of aromatic nitrogens is 1. The Morgan fingerprint density at radius 2 is 1.83 bits per heavy atom. The number of aliphatic imine (C=N–C) groups is 1. The number of phenols is 1. The molecule has 0 fully saturated rings. The number of nitrogens with zero attached hydrogens (tertiary/aromatic N) is 2. The maximum Gasteiger partial charge on any atom is 0.227 e. The van der Waals surface area contributed by atoms with Crippen molar-refractivity contribution in [2.24, 2.45) is 4.99 Å². The lowest BCUT2D eigenvalue weighted by Gasteiger charge is -2.04. The van der Waals surface area contributed by atoms with Crippen LogP contribution < -0.4 is 0 Å². The van der Waals surface area contributed by atoms with Gasteiger partial charge in [0.15, 0.2) is 5.58 Å². The summed E-state index contributed by atoms with van der Waals surface area (Å²) in [6.07, 6.45) is 1.69. The Balaban J connectivity index is 1.53. The van der Waals surface area contributed by atoms with Gasteiger partial charge >= 0.3 is 0 Å². The second-order valence-electron chi connectivity index (χ2n) is 6.66. The number of hydrogen-bond donors (Lipinski definition) is 1. The number of phenolic OH excluding ortho intramolecular Hbond substituents is 1. The number of halogens is 1. The van der Waals surface area contributed by atoms with Crippen LogP contribution >= 0.6 is 22.6 Å². The lowest BCUT2D eigenvalue weighted by molar-refractivity contribution is 0.475. The summed E-state index contributed by atoms with van der Waals surface area (Å²) in [5, 5.41) is 12.3. The van der Waals surface area contributed by atoms with Gasteiger partial charge in [-0.2, -0.15) is 0 Å². The Hall–Kier alpha value is -3.19. The van der Waals surface area contributed by atoms with E-state index in [1.54, 1.807) is 12.3 Å². The van der Waals surface area contributed by atoms with Crippen molar-refractivity contribution in [2.75, 3.05) is 0 Å². The van der Waals surface area contributed by atoms with Crippen LogP contribution in [0.15, 0.2) is 88.3 Å². The molecular weight excluding hydrogens is 475 g/mol. The Kier molecular flexibility index (Phi) is 4.52. The minimum absolute atomic E-state index is 0.205. The van der Waals surface area contributed by atoms with Gasteiger partial charge in [0.2, 0.25) is 5.89 Å². The highest BCUT2D eigenvalue weighted by Crippen LogP contribution is 2.29. The SMILES string of the molecule is Oc1ccc2ccccc2c1C=Nc1ccc2oc(-c3cccc(I)c3)nc2c1. The molecule has 0 bridgehead atoms. The van der Waals surface area contributed by atoms with Gasteiger partial charge in [0.25, 0.3) is 0 Å². The average Bonchev–Trinajstić information content (AvgIpc) is 3.16. The van der Waals surface area contributed by atoms with E-state index in [0.717, 1.165) is 31.1 Å². The van der Waals surface area contributed by atoms with Crippen LogP contribution in [-0.4, -0.2) is 16.3 Å². The molecule has 0 saturated heterocycles. The predicted molar refractivity (Wildman–Crippen MR) is 125 cm³/mol. The molecule has 0 amide bonds. The first-order valence-corrected chi connectivity index (χ1v) is 10.2. The third-order valence-corrected chi connectivity index (χ3v) is 5.40. The zero-order chi connectivity index (χ0) is 19.8. The first kappa shape index (κ1) is 17.9. The number of hydrogen-bond acceptors (Lipinski definition) is 4. The molecule has 1 aromatic heterocycles. The van der Waals surface area contributed by atoms with E-state index in [9.17, 15) is 5.11 Å². The van der Waals surface area contributed by atoms with Crippen molar-refractivity contribution in [3.8, 4) is 17.2 Å². The fraction of sp³-hybridized carbons (Fsp3) is 0. The zero-order valence-corrected chi connectivity index (χ0v) is 17.4. The monoisotopic (exact) mass is 490 g/mol. The summed E-state index contributed by atoms with van der Waals surface area (Å²) < 4.78 is 7.02. The summed E-state index contributed by atoms with van der Waals surface area (Å²) >= 11 is 2.27. The van der Waals surface area contributed by atoms with Crippen LogP contribution in [0.25, 0.3) is 33.3 Å². The summed E-state index contributed by atoms with van der Waals surface area (Å²) in [5.41, 5.74) is 3.84. The van der Waals surface area contributed by atoms with Crippen molar-refractivity contribution in [1.29, 1.82) is 0 Å². The summed E-state index contributed by atoms with van der Waals surface area (Å²) in [6.45, 7) is 0. The fourth-order valence-corrected chi connectivity index (χ4v) is 3.84. The highest BCUT2D eigenvalue weighted by molar-refractivity contribution is 14.1. The molecule has 5 rings (SSSR count). The van der Waals surface area contributed by atoms with Crippen molar-refractivity contribution in [1.82, 2.24) is 4.98 Å². The van der Waals surface area contributed by atoms with Crippen molar-refractivity contribution >= 4 is 56.4 Å². The molecule has 0 radical (unpaired) electrons. The molecule has 140 valence electrons. The smallest absolute Gasteiger partial charge is 0.227 e. The average molecular weight is 490 g/mol. The maximum atomic E-state index is 10.3. The van der Waals surface area contributed by atoms with Crippen molar-refractivity contribution < 1.29 is 9.52 Å². The normalized spacial score (nSPS) is 11.6. The highest BCUT2D eigenvalue weighted by atomic mass is 127. The Morgan fingerprint density at radius 3 is 2.72 bits per heavy atom. The van der Waals surface area contributed by atoms with Crippen molar-refractivity contribution in [3.63, 3.8) is 0 Å². The minimum Gasteiger partial charge on any atom is -0.507 e. The van der Waals surface area contributed by atoms with Crippen LogP contribution in [0.5, 0.6) is 5.75 Å². The molecule has 0 aliphatic rings. The quantitative estimate of drug-likeness (QED) is 0.226. The molecule has 0 aliphatic heterocycles. The van der Waals surface area contributed by atoms with Crippen molar-refractivity contribution in [3.05, 3.63) is 88.0 Å². The molecular formula is C24H15IN2O2. The van der Waals surface area contributed by atoms with Crippen LogP contribution in [0.3, 0.4) is 0 Å². The van der Waals surface area contributed by atoms with Crippen LogP contribution in [-0.2, 0) is 0 Å². The van der Waals surface area contributed by atoms with Gasteiger partial charge in [-0.05, 0) is 75.8 Å². The van der Waals surface area contributed by atoms with Gasteiger partial charge in [-0.25, -0.2) is 4.98 Å². The van der Waals surface area contributed by atoms with Gasteiger partial charge in [0, 0.05) is 20.9 Å². The second kappa shape index (κ2) is 7.33. The predicted octanol–water partition coefficient (Wildman–Crippen LogP) is 6.71. The Bertz CT molecular complexity index is 1390. The second-order valence-corrected chi connectivity index (χ2v) is 7.90. The molecule has 0 spiro atoms. The minimum atomic E-state index is 0.205. The molecule has 0 saturated carbocycles. The number of rotatable bonds is 3. The summed E-state index contributed by atoms with van der Waals surface area (Å²) in [4.78, 5) is 9.18. The molecule has 0 atom stereocenters. The first-order chi connectivity index (χ1) is 14.2. The van der Waals surface area contributed by atoms with Gasteiger partial charge in [-0.3, -0.25) is 4.99 Å². The number of benzene rings is 4. The standard InChI is InChI=1S/C24H15IN2O2/c25-17-6-3-5-16(12-17)24-27-21-13-18(9-11-23(21)29-24)26-14-20-19-7-2-1-4-15(19)8-10-22(20)28/h1-14,28H. The van der Waals surface area contributed by atoms with Crippen LogP contribution in [0.1, 0.15) is 5.56 Å². The summed E-state index contributed by atoms with van der Waals surface area (Å²) in [7, 11) is 0. The molecule has 0 aliphatic carbocycles. The van der Waals surface area contributed by atoms with Gasteiger partial charge in [-0.1, -0.05) is 36.4 Å². The lowest BCUT2D eigenvalue weighted by Crippen LogP contribution is -1.85. The molecule has 29 heavy (non-hydrogen) atoms. The molecule has 5 aromatic rings. The molecule has 0 unspecified atom stereocenters. The molecule has 4 nitrogen and oxygen atoms in total. The van der Waals surface area contributed by atoms with E-state index in [-0.39, 0.29) is 5.75 Å². The molecule has 1 N–H and O–H groups in total. The third kappa shape index (κ3) is 3.49. The van der Waals surface area contributed by atoms with E-state index in [2.05, 4.69) is 32.6 Å². The van der Waals surface area contributed by atoms with Crippen molar-refractivity contribution in [2.45, 2.75) is 0 Å². The molecule has 4 aromatic carbocycles. The largest absolute Gasteiger partial charge is 0.507 e. The zero-order valence-electron chi connectivity index (χ0n) is 15.2. The molecule has 1 heterocycles. The topological polar surface area (TPSA) is 58.6 Å². The number of fused-ring (bicyclic) bond motifs is 2. The Labute approximate surface area is 180 Å². The van der Waals surface area contributed by atoms with E-state index in [1.165, 1.54) is 0 Å². The fourth-order valence-electron chi connectivity index (χ4n) is 3.30. The van der Waals surface area contributed by atoms with Crippen LogP contribution in [0, 0.1) is 3.57 Å². The Morgan fingerprint density at radius 1 is 0.931 bits per heavy atom. The maximum absolute atomic E-state index is 10.3. The van der Waals surface area contributed by atoms with E-state index in [1.807, 2.05) is 72.8 Å². The number of oxazole rings is 1. The molecule has 5 heteroatoms. The highest BCUT2D eigenvalue weighted by Gasteiger charge is 2.09. The van der Waals surface area contributed by atoms with Gasteiger partial charge in [-0.15, -0.1) is 0 Å². The van der Waals surface area contributed by atoms with Gasteiger partial charge in [0.1, 0.15) is 11.3 Å². The van der Waals surface area contributed by atoms with E-state index in [0.29, 0.717) is 17.0 Å². The lowest BCUT2D eigenvalue weighted by atomic mass is 10.0. The van der Waals surface area contributed by atoms with E-state index < -0.39 is 0 Å². The number of aromatic hydroxyl groups is 1. The summed E-state index contributed by atoms with van der Waals surface area (Å²) in [6, 6.07) is 25.2. The van der Waals surface area contributed by atoms with Gasteiger partial charge < -0.3 is 9.52 Å². The third-order valence-electron chi connectivity index (χ3n) is 4.73. The van der Waals surface area contributed by atoms with E-state index in [4.69, 9.17) is 4.42 Å². The first-order valence-electron chi connectivity index (χ1n) is 9.09. The summed E-state index contributed by atoms with van der Waals surface area (Å²) in [5.74, 6) is 0.794. The van der Waals surface area contributed by atoms with Gasteiger partial charge in [0.05, 0.1) is 5.69 Å².